The van der Waals surface area contributed by atoms with Crippen LogP contribution in [0, 0.1) is 0 Å². The molecule has 0 saturated carbocycles. The predicted molar refractivity (Wildman–Crippen MR) is 101 cm³/mol. The average Bonchev–Trinajstić information content (AvgIpc) is 2.65. The number of benzene rings is 1. The van der Waals surface area contributed by atoms with Gasteiger partial charge in [0.1, 0.15) is 12.4 Å². The van der Waals surface area contributed by atoms with E-state index in [4.69, 9.17) is 9.26 Å². The second kappa shape index (κ2) is 13.3. The molecule has 0 spiro atoms. The highest BCUT2D eigenvalue weighted by Gasteiger charge is 2.22. The SMILES string of the molecule is CCCCCCCCCc1ccc(OCCOP(=O)(OC)OC)cc1. The van der Waals surface area contributed by atoms with Crippen molar-refractivity contribution in [2.24, 2.45) is 0 Å². The molecule has 0 atom stereocenters. The van der Waals surface area contributed by atoms with E-state index < -0.39 is 7.82 Å². The maximum Gasteiger partial charge on any atom is 0.474 e. The first-order chi connectivity index (χ1) is 12.1. The highest BCUT2D eigenvalue weighted by molar-refractivity contribution is 7.48. The Morgan fingerprint density at radius 1 is 0.840 bits per heavy atom. The summed E-state index contributed by atoms with van der Waals surface area (Å²) in [7, 11) is -0.842. The normalized spacial score (nSPS) is 11.6. The average molecular weight is 372 g/mol. The van der Waals surface area contributed by atoms with Gasteiger partial charge >= 0.3 is 7.82 Å². The lowest BCUT2D eigenvalue weighted by Gasteiger charge is -2.13. The number of rotatable bonds is 15. The van der Waals surface area contributed by atoms with Crippen LogP contribution in [0.25, 0.3) is 0 Å². The van der Waals surface area contributed by atoms with Crippen molar-refractivity contribution >= 4 is 7.82 Å². The van der Waals surface area contributed by atoms with Gasteiger partial charge in [0.25, 0.3) is 0 Å². The van der Waals surface area contributed by atoms with E-state index in [-0.39, 0.29) is 13.2 Å². The molecule has 1 rings (SSSR count). The van der Waals surface area contributed by atoms with Gasteiger partial charge in [-0.15, -0.1) is 0 Å². The number of phosphoric ester groups is 1. The lowest BCUT2D eigenvalue weighted by molar-refractivity contribution is 0.130. The van der Waals surface area contributed by atoms with Gasteiger partial charge in [-0.2, -0.15) is 0 Å². The molecule has 0 N–H and O–H groups in total. The van der Waals surface area contributed by atoms with Crippen LogP contribution >= 0.6 is 7.82 Å². The third kappa shape index (κ3) is 10.0. The van der Waals surface area contributed by atoms with E-state index in [1.807, 2.05) is 12.1 Å². The van der Waals surface area contributed by atoms with Gasteiger partial charge in [0.2, 0.25) is 0 Å². The Hall–Kier alpha value is -0.870. The molecular weight excluding hydrogens is 339 g/mol. The smallest absolute Gasteiger partial charge is 0.474 e. The maximum absolute atomic E-state index is 11.7. The summed E-state index contributed by atoms with van der Waals surface area (Å²) >= 11 is 0. The Balaban J connectivity index is 2.16. The fourth-order valence-corrected chi connectivity index (χ4v) is 3.19. The largest absolute Gasteiger partial charge is 0.491 e. The number of hydrogen-bond donors (Lipinski definition) is 0. The lowest BCUT2D eigenvalue weighted by atomic mass is 10.0. The summed E-state index contributed by atoms with van der Waals surface area (Å²) in [5.74, 6) is 0.775. The van der Waals surface area contributed by atoms with E-state index in [9.17, 15) is 4.57 Å². The summed E-state index contributed by atoms with van der Waals surface area (Å²) in [5, 5.41) is 0. The van der Waals surface area contributed by atoms with Crippen molar-refractivity contribution in [3.8, 4) is 5.75 Å². The zero-order valence-corrected chi connectivity index (χ0v) is 16.8. The predicted octanol–water partition coefficient (Wildman–Crippen LogP) is 5.78. The zero-order chi connectivity index (χ0) is 18.4. The third-order valence-corrected chi connectivity index (χ3v) is 5.43. The molecule has 0 bridgehead atoms. The summed E-state index contributed by atoms with van der Waals surface area (Å²) < 4.78 is 31.7. The molecule has 144 valence electrons. The quantitative estimate of drug-likeness (QED) is 0.289. The molecule has 0 unspecified atom stereocenters. The number of phosphoric acid groups is 1. The van der Waals surface area contributed by atoms with Gasteiger partial charge in [-0.05, 0) is 30.5 Å². The van der Waals surface area contributed by atoms with E-state index in [0.29, 0.717) is 0 Å². The summed E-state index contributed by atoms with van der Waals surface area (Å²) in [6, 6.07) is 8.12. The highest BCUT2D eigenvalue weighted by Crippen LogP contribution is 2.47. The third-order valence-electron chi connectivity index (χ3n) is 4.04. The van der Waals surface area contributed by atoms with Crippen molar-refractivity contribution in [3.05, 3.63) is 29.8 Å². The van der Waals surface area contributed by atoms with Crippen LogP contribution < -0.4 is 4.74 Å². The van der Waals surface area contributed by atoms with E-state index in [0.717, 1.165) is 12.2 Å². The van der Waals surface area contributed by atoms with Crippen LogP contribution in [-0.2, 0) is 24.6 Å². The summed E-state index contributed by atoms with van der Waals surface area (Å²) in [6.45, 7) is 2.67. The molecule has 0 saturated heterocycles. The first-order valence-corrected chi connectivity index (χ1v) is 10.7. The zero-order valence-electron chi connectivity index (χ0n) is 15.9. The molecule has 1 aromatic rings. The Kier molecular flexibility index (Phi) is 11.8. The van der Waals surface area contributed by atoms with E-state index in [1.165, 1.54) is 64.7 Å². The van der Waals surface area contributed by atoms with E-state index in [2.05, 4.69) is 28.1 Å². The first-order valence-electron chi connectivity index (χ1n) is 9.21. The number of aryl methyl sites for hydroxylation is 1. The Morgan fingerprint density at radius 2 is 1.44 bits per heavy atom. The Labute approximate surface area is 152 Å². The van der Waals surface area contributed by atoms with Gasteiger partial charge in [-0.3, -0.25) is 13.6 Å². The van der Waals surface area contributed by atoms with Gasteiger partial charge < -0.3 is 4.74 Å². The van der Waals surface area contributed by atoms with Crippen molar-refractivity contribution in [3.63, 3.8) is 0 Å². The van der Waals surface area contributed by atoms with Crippen molar-refractivity contribution in [1.29, 1.82) is 0 Å². The van der Waals surface area contributed by atoms with Gasteiger partial charge in [-0.1, -0.05) is 57.6 Å². The minimum Gasteiger partial charge on any atom is -0.491 e. The molecule has 25 heavy (non-hydrogen) atoms. The highest BCUT2D eigenvalue weighted by atomic mass is 31.2. The van der Waals surface area contributed by atoms with Crippen LogP contribution in [0.2, 0.25) is 0 Å². The monoisotopic (exact) mass is 372 g/mol. The van der Waals surface area contributed by atoms with Crippen molar-refractivity contribution in [2.75, 3.05) is 27.4 Å². The summed E-state index contributed by atoms with van der Waals surface area (Å²) in [6.07, 6.45) is 10.4. The van der Waals surface area contributed by atoms with Crippen LogP contribution in [0.4, 0.5) is 0 Å². The van der Waals surface area contributed by atoms with E-state index >= 15 is 0 Å². The number of unbranched alkanes of at least 4 members (excludes halogenated alkanes) is 6. The molecule has 5 nitrogen and oxygen atoms in total. The first kappa shape index (κ1) is 22.2. The molecule has 0 fully saturated rings. The molecule has 1 aromatic carbocycles. The molecule has 0 aliphatic heterocycles. The standard InChI is InChI=1S/C19H33O5P/c1-4-5-6-7-8-9-10-11-18-12-14-19(15-13-18)23-16-17-24-25(20,21-2)22-3/h12-15H,4-11,16-17H2,1-3H3. The number of hydrogen-bond acceptors (Lipinski definition) is 5. The molecule has 0 aliphatic rings. The lowest BCUT2D eigenvalue weighted by Crippen LogP contribution is -2.06. The minimum atomic E-state index is -3.42. The van der Waals surface area contributed by atoms with Crippen LogP contribution in [0.1, 0.15) is 57.4 Å². The summed E-state index contributed by atoms with van der Waals surface area (Å²) in [4.78, 5) is 0. The van der Waals surface area contributed by atoms with E-state index in [1.54, 1.807) is 0 Å². The number of ether oxygens (including phenoxy) is 1. The molecular formula is C19H33O5P. The minimum absolute atomic E-state index is 0.138. The van der Waals surface area contributed by atoms with Crippen LogP contribution in [0.5, 0.6) is 5.75 Å². The van der Waals surface area contributed by atoms with Crippen molar-refractivity contribution < 1.29 is 22.9 Å². The fourth-order valence-electron chi connectivity index (χ4n) is 2.53. The van der Waals surface area contributed by atoms with Gasteiger partial charge in [0.15, 0.2) is 0 Å². The topological polar surface area (TPSA) is 54.0 Å². The van der Waals surface area contributed by atoms with Crippen LogP contribution in [0.15, 0.2) is 24.3 Å². The second-order valence-corrected chi connectivity index (χ2v) is 7.89. The Morgan fingerprint density at radius 3 is 2.04 bits per heavy atom. The second-order valence-electron chi connectivity index (χ2n) is 6.01. The van der Waals surface area contributed by atoms with Gasteiger partial charge in [0, 0.05) is 14.2 Å². The molecule has 0 radical (unpaired) electrons. The van der Waals surface area contributed by atoms with Crippen molar-refractivity contribution in [2.45, 2.75) is 58.3 Å². The van der Waals surface area contributed by atoms with Gasteiger partial charge in [0.05, 0.1) is 6.61 Å². The molecule has 6 heteroatoms. The maximum atomic E-state index is 11.7. The fraction of sp³-hybridized carbons (Fsp3) is 0.684. The molecule has 0 aliphatic carbocycles. The molecule has 0 aromatic heterocycles. The van der Waals surface area contributed by atoms with Gasteiger partial charge in [-0.25, -0.2) is 4.57 Å². The molecule has 0 heterocycles. The van der Waals surface area contributed by atoms with Crippen molar-refractivity contribution in [1.82, 2.24) is 0 Å². The Bertz CT molecular complexity index is 481. The molecule has 0 amide bonds. The van der Waals surface area contributed by atoms with Crippen LogP contribution in [-0.4, -0.2) is 27.4 Å². The summed E-state index contributed by atoms with van der Waals surface area (Å²) in [5.41, 5.74) is 1.33. The van der Waals surface area contributed by atoms with Crippen LogP contribution in [0.3, 0.4) is 0 Å².